The Morgan fingerprint density at radius 1 is 1.05 bits per heavy atom. The van der Waals surface area contributed by atoms with Crippen LogP contribution in [0.5, 0.6) is 0 Å². The molecule has 116 valence electrons. The molecule has 0 aliphatic carbocycles. The SMILES string of the molecule is CC(C)NCCCC(=O)NCC(=O)NCc1ccccc1. The van der Waals surface area contributed by atoms with E-state index in [1.165, 1.54) is 0 Å². The minimum Gasteiger partial charge on any atom is -0.350 e. The van der Waals surface area contributed by atoms with Gasteiger partial charge in [-0.3, -0.25) is 9.59 Å². The third-order valence-corrected chi connectivity index (χ3v) is 2.91. The van der Waals surface area contributed by atoms with Gasteiger partial charge in [-0.25, -0.2) is 0 Å². The second-order valence-electron chi connectivity index (χ2n) is 5.25. The molecule has 1 rings (SSSR count). The lowest BCUT2D eigenvalue weighted by molar-refractivity contribution is -0.126. The first kappa shape index (κ1) is 17.2. The zero-order chi connectivity index (χ0) is 15.5. The lowest BCUT2D eigenvalue weighted by Gasteiger charge is -2.08. The maximum Gasteiger partial charge on any atom is 0.239 e. The van der Waals surface area contributed by atoms with E-state index in [2.05, 4.69) is 29.8 Å². The number of hydrogen-bond acceptors (Lipinski definition) is 3. The standard InChI is InChI=1S/C16H25N3O2/c1-13(2)17-10-6-9-15(20)19-12-16(21)18-11-14-7-4-3-5-8-14/h3-5,7-8,13,17H,6,9-12H2,1-2H3,(H,18,21)(H,19,20). The lowest BCUT2D eigenvalue weighted by Crippen LogP contribution is -2.36. The molecule has 0 saturated heterocycles. The molecular weight excluding hydrogens is 266 g/mol. The van der Waals surface area contributed by atoms with Crippen LogP contribution < -0.4 is 16.0 Å². The zero-order valence-electron chi connectivity index (χ0n) is 12.8. The van der Waals surface area contributed by atoms with Gasteiger partial charge >= 0.3 is 0 Å². The van der Waals surface area contributed by atoms with E-state index in [0.717, 1.165) is 18.5 Å². The Hall–Kier alpha value is -1.88. The summed E-state index contributed by atoms with van der Waals surface area (Å²) in [6, 6.07) is 10.1. The van der Waals surface area contributed by atoms with Gasteiger partial charge in [0.05, 0.1) is 6.54 Å². The smallest absolute Gasteiger partial charge is 0.239 e. The molecule has 0 fully saturated rings. The highest BCUT2D eigenvalue weighted by molar-refractivity contribution is 5.84. The van der Waals surface area contributed by atoms with Crippen molar-refractivity contribution in [2.24, 2.45) is 0 Å². The number of benzene rings is 1. The largest absolute Gasteiger partial charge is 0.350 e. The number of nitrogens with one attached hydrogen (secondary N) is 3. The Labute approximate surface area is 126 Å². The first-order valence-electron chi connectivity index (χ1n) is 7.38. The van der Waals surface area contributed by atoms with Crippen molar-refractivity contribution in [2.45, 2.75) is 39.3 Å². The van der Waals surface area contributed by atoms with E-state index >= 15 is 0 Å². The number of carbonyl (C=O) groups is 2. The predicted molar refractivity (Wildman–Crippen MR) is 83.7 cm³/mol. The molecule has 1 aromatic carbocycles. The van der Waals surface area contributed by atoms with Crippen molar-refractivity contribution in [3.63, 3.8) is 0 Å². The van der Waals surface area contributed by atoms with Crippen molar-refractivity contribution in [1.82, 2.24) is 16.0 Å². The summed E-state index contributed by atoms with van der Waals surface area (Å²) in [6.07, 6.45) is 1.21. The van der Waals surface area contributed by atoms with E-state index in [4.69, 9.17) is 0 Å². The quantitative estimate of drug-likeness (QED) is 0.599. The molecule has 0 radical (unpaired) electrons. The van der Waals surface area contributed by atoms with Crippen LogP contribution in [0.15, 0.2) is 30.3 Å². The van der Waals surface area contributed by atoms with Crippen molar-refractivity contribution in [3.8, 4) is 0 Å². The van der Waals surface area contributed by atoms with E-state index in [1.807, 2.05) is 30.3 Å². The zero-order valence-corrected chi connectivity index (χ0v) is 12.8. The summed E-state index contributed by atoms with van der Waals surface area (Å²) in [7, 11) is 0. The van der Waals surface area contributed by atoms with Crippen molar-refractivity contribution >= 4 is 11.8 Å². The van der Waals surface area contributed by atoms with Gasteiger partial charge in [-0.15, -0.1) is 0 Å². The average molecular weight is 291 g/mol. The van der Waals surface area contributed by atoms with Crippen molar-refractivity contribution in [2.75, 3.05) is 13.1 Å². The summed E-state index contributed by atoms with van der Waals surface area (Å²) in [5.74, 6) is -0.261. The van der Waals surface area contributed by atoms with Crippen LogP contribution in [0, 0.1) is 0 Å². The molecule has 0 heterocycles. The van der Waals surface area contributed by atoms with Gasteiger partial charge in [0.25, 0.3) is 0 Å². The van der Waals surface area contributed by atoms with Crippen molar-refractivity contribution < 1.29 is 9.59 Å². The minimum absolute atomic E-state index is 0.0310. The molecular formula is C16H25N3O2. The van der Waals surface area contributed by atoms with E-state index in [-0.39, 0.29) is 18.4 Å². The van der Waals surface area contributed by atoms with Crippen LogP contribution in [-0.2, 0) is 16.1 Å². The van der Waals surface area contributed by atoms with Crippen LogP contribution in [-0.4, -0.2) is 30.9 Å². The molecule has 0 aliphatic heterocycles. The molecule has 2 amide bonds. The van der Waals surface area contributed by atoms with E-state index in [1.54, 1.807) is 0 Å². The Morgan fingerprint density at radius 3 is 2.43 bits per heavy atom. The number of hydrogen-bond donors (Lipinski definition) is 3. The van der Waals surface area contributed by atoms with E-state index in [9.17, 15) is 9.59 Å². The van der Waals surface area contributed by atoms with Crippen LogP contribution in [0.3, 0.4) is 0 Å². The van der Waals surface area contributed by atoms with Crippen LogP contribution in [0.25, 0.3) is 0 Å². The van der Waals surface area contributed by atoms with E-state index in [0.29, 0.717) is 19.0 Å². The Kier molecular flexibility index (Phi) is 8.12. The molecule has 0 atom stereocenters. The first-order valence-corrected chi connectivity index (χ1v) is 7.38. The van der Waals surface area contributed by atoms with Crippen LogP contribution in [0.1, 0.15) is 32.3 Å². The summed E-state index contributed by atoms with van der Waals surface area (Å²) in [4.78, 5) is 23.1. The fraction of sp³-hybridized carbons (Fsp3) is 0.500. The molecule has 0 spiro atoms. The molecule has 0 aliphatic rings. The maximum absolute atomic E-state index is 11.6. The monoisotopic (exact) mass is 291 g/mol. The Morgan fingerprint density at radius 2 is 1.76 bits per heavy atom. The first-order chi connectivity index (χ1) is 10.1. The third kappa shape index (κ3) is 8.81. The van der Waals surface area contributed by atoms with E-state index < -0.39 is 0 Å². The van der Waals surface area contributed by atoms with Crippen LogP contribution >= 0.6 is 0 Å². The average Bonchev–Trinajstić information content (AvgIpc) is 2.48. The van der Waals surface area contributed by atoms with Gasteiger partial charge in [0.2, 0.25) is 11.8 Å². The second-order valence-corrected chi connectivity index (χ2v) is 5.25. The van der Waals surface area contributed by atoms with Gasteiger partial charge in [-0.05, 0) is 18.5 Å². The normalized spacial score (nSPS) is 10.4. The summed E-state index contributed by atoms with van der Waals surface area (Å²) in [6.45, 7) is 5.46. The topological polar surface area (TPSA) is 70.2 Å². The molecule has 1 aromatic rings. The summed E-state index contributed by atoms with van der Waals surface area (Å²) >= 11 is 0. The highest BCUT2D eigenvalue weighted by Gasteiger charge is 2.05. The van der Waals surface area contributed by atoms with Crippen molar-refractivity contribution in [3.05, 3.63) is 35.9 Å². The number of carbonyl (C=O) groups excluding carboxylic acids is 2. The van der Waals surface area contributed by atoms with Gasteiger partial charge in [0.1, 0.15) is 0 Å². The van der Waals surface area contributed by atoms with Crippen LogP contribution in [0.2, 0.25) is 0 Å². The predicted octanol–water partition coefficient (Wildman–Crippen LogP) is 1.20. The molecule has 0 unspecified atom stereocenters. The molecule has 0 saturated carbocycles. The fourth-order valence-electron chi connectivity index (χ4n) is 1.77. The van der Waals surface area contributed by atoms with Gasteiger partial charge in [-0.1, -0.05) is 44.2 Å². The fourth-order valence-corrected chi connectivity index (χ4v) is 1.77. The van der Waals surface area contributed by atoms with Gasteiger partial charge in [0, 0.05) is 19.0 Å². The summed E-state index contributed by atoms with van der Waals surface area (Å²) in [5.41, 5.74) is 1.04. The molecule has 21 heavy (non-hydrogen) atoms. The lowest BCUT2D eigenvalue weighted by atomic mass is 10.2. The summed E-state index contributed by atoms with van der Waals surface area (Å²) < 4.78 is 0. The van der Waals surface area contributed by atoms with Crippen molar-refractivity contribution in [1.29, 1.82) is 0 Å². The Balaban J connectivity index is 2.08. The summed E-state index contributed by atoms with van der Waals surface area (Å²) in [5, 5.41) is 8.64. The molecule has 0 bridgehead atoms. The molecule has 0 aromatic heterocycles. The molecule has 5 nitrogen and oxygen atoms in total. The Bertz CT molecular complexity index is 432. The number of rotatable bonds is 9. The highest BCUT2D eigenvalue weighted by Crippen LogP contribution is 1.96. The van der Waals surface area contributed by atoms with Gasteiger partial charge in [0.15, 0.2) is 0 Å². The molecule has 5 heteroatoms. The third-order valence-electron chi connectivity index (χ3n) is 2.91. The second kappa shape index (κ2) is 9.94. The minimum atomic E-state index is -0.174. The number of amides is 2. The van der Waals surface area contributed by atoms with Gasteiger partial charge in [-0.2, -0.15) is 0 Å². The molecule has 3 N–H and O–H groups in total. The highest BCUT2D eigenvalue weighted by atomic mass is 16.2. The van der Waals surface area contributed by atoms with Crippen LogP contribution in [0.4, 0.5) is 0 Å². The van der Waals surface area contributed by atoms with Gasteiger partial charge < -0.3 is 16.0 Å². The maximum atomic E-state index is 11.6.